The number of aryl methyl sites for hydroxylation is 1. The Labute approximate surface area is 89.7 Å². The molecule has 0 bridgehead atoms. The topological polar surface area (TPSA) is 0 Å². The standard InChI is InChI=1S/C9H10BrI/c1-2-7-5-9(11)4-3-8(7)6-10/h3-5H,2,6H2,1H3. The van der Waals surface area contributed by atoms with Gasteiger partial charge < -0.3 is 0 Å². The van der Waals surface area contributed by atoms with Gasteiger partial charge in [0, 0.05) is 8.90 Å². The Morgan fingerprint density at radius 1 is 1.36 bits per heavy atom. The fourth-order valence-electron chi connectivity index (χ4n) is 1.05. The van der Waals surface area contributed by atoms with Crippen molar-refractivity contribution in [2.75, 3.05) is 0 Å². The van der Waals surface area contributed by atoms with Crippen LogP contribution in [0.5, 0.6) is 0 Å². The van der Waals surface area contributed by atoms with Crippen LogP contribution in [0.25, 0.3) is 0 Å². The Kier molecular flexibility index (Phi) is 3.85. The van der Waals surface area contributed by atoms with E-state index >= 15 is 0 Å². The molecule has 0 heterocycles. The lowest BCUT2D eigenvalue weighted by Gasteiger charge is -2.04. The van der Waals surface area contributed by atoms with Crippen molar-refractivity contribution >= 4 is 38.5 Å². The van der Waals surface area contributed by atoms with E-state index in [9.17, 15) is 0 Å². The zero-order chi connectivity index (χ0) is 8.27. The number of hydrogen-bond acceptors (Lipinski definition) is 0. The van der Waals surface area contributed by atoms with Gasteiger partial charge in [0.1, 0.15) is 0 Å². The molecule has 11 heavy (non-hydrogen) atoms. The lowest BCUT2D eigenvalue weighted by Crippen LogP contribution is -1.89. The van der Waals surface area contributed by atoms with Crippen molar-refractivity contribution in [3.05, 3.63) is 32.9 Å². The van der Waals surface area contributed by atoms with E-state index in [-0.39, 0.29) is 0 Å². The molecule has 0 aliphatic rings. The van der Waals surface area contributed by atoms with Crippen LogP contribution in [0.15, 0.2) is 18.2 Å². The van der Waals surface area contributed by atoms with E-state index < -0.39 is 0 Å². The Morgan fingerprint density at radius 2 is 2.09 bits per heavy atom. The van der Waals surface area contributed by atoms with E-state index in [0.717, 1.165) is 11.8 Å². The molecule has 0 saturated carbocycles. The highest BCUT2D eigenvalue weighted by molar-refractivity contribution is 14.1. The first-order valence-corrected chi connectivity index (χ1v) is 5.81. The molecule has 0 aliphatic heterocycles. The third-order valence-electron chi connectivity index (χ3n) is 1.69. The van der Waals surface area contributed by atoms with Crippen LogP contribution in [0, 0.1) is 3.57 Å². The normalized spacial score (nSPS) is 10.1. The minimum atomic E-state index is 0.965. The molecular weight excluding hydrogens is 315 g/mol. The summed E-state index contributed by atoms with van der Waals surface area (Å²) in [5.41, 5.74) is 2.86. The molecule has 2 heteroatoms. The van der Waals surface area contributed by atoms with E-state index in [0.29, 0.717) is 0 Å². The van der Waals surface area contributed by atoms with Crippen molar-refractivity contribution in [3.8, 4) is 0 Å². The van der Waals surface area contributed by atoms with Gasteiger partial charge in [-0.25, -0.2) is 0 Å². The summed E-state index contributed by atoms with van der Waals surface area (Å²) in [6.07, 6.45) is 1.12. The van der Waals surface area contributed by atoms with E-state index in [1.54, 1.807) is 0 Å². The maximum Gasteiger partial charge on any atom is 0.0285 e. The molecule has 1 aromatic carbocycles. The first kappa shape index (κ1) is 9.52. The fourth-order valence-corrected chi connectivity index (χ4v) is 2.16. The molecule has 0 amide bonds. The van der Waals surface area contributed by atoms with Crippen LogP contribution in [-0.2, 0) is 11.8 Å². The van der Waals surface area contributed by atoms with E-state index in [2.05, 4.69) is 63.6 Å². The van der Waals surface area contributed by atoms with Crippen LogP contribution in [0.4, 0.5) is 0 Å². The summed E-state index contributed by atoms with van der Waals surface area (Å²) in [6, 6.07) is 6.59. The molecular formula is C9H10BrI. The van der Waals surface area contributed by atoms with Crippen LogP contribution in [0.1, 0.15) is 18.1 Å². The van der Waals surface area contributed by atoms with Gasteiger partial charge >= 0.3 is 0 Å². The first-order valence-electron chi connectivity index (χ1n) is 3.61. The number of alkyl halides is 1. The molecule has 1 aromatic rings. The van der Waals surface area contributed by atoms with Crippen molar-refractivity contribution in [2.45, 2.75) is 18.7 Å². The third-order valence-corrected chi connectivity index (χ3v) is 2.97. The van der Waals surface area contributed by atoms with Crippen LogP contribution < -0.4 is 0 Å². The molecule has 0 nitrogen and oxygen atoms in total. The molecule has 0 saturated heterocycles. The van der Waals surface area contributed by atoms with Gasteiger partial charge in [-0.15, -0.1) is 0 Å². The molecule has 0 fully saturated rings. The predicted octanol–water partition coefficient (Wildman–Crippen LogP) is 3.75. The van der Waals surface area contributed by atoms with Gasteiger partial charge in [-0.2, -0.15) is 0 Å². The highest BCUT2D eigenvalue weighted by Crippen LogP contribution is 2.16. The summed E-state index contributed by atoms with van der Waals surface area (Å²) in [6.45, 7) is 2.19. The zero-order valence-electron chi connectivity index (χ0n) is 6.40. The zero-order valence-corrected chi connectivity index (χ0v) is 10.1. The van der Waals surface area contributed by atoms with Gasteiger partial charge in [0.15, 0.2) is 0 Å². The average molecular weight is 325 g/mol. The van der Waals surface area contributed by atoms with Crippen molar-refractivity contribution in [1.82, 2.24) is 0 Å². The SMILES string of the molecule is CCc1cc(I)ccc1CBr. The fraction of sp³-hybridized carbons (Fsp3) is 0.333. The van der Waals surface area contributed by atoms with Gasteiger partial charge in [-0.3, -0.25) is 0 Å². The van der Waals surface area contributed by atoms with Gasteiger partial charge in [0.2, 0.25) is 0 Å². The number of benzene rings is 1. The van der Waals surface area contributed by atoms with Gasteiger partial charge in [0.25, 0.3) is 0 Å². The van der Waals surface area contributed by atoms with Crippen LogP contribution in [0.3, 0.4) is 0 Å². The summed E-state index contributed by atoms with van der Waals surface area (Å²) >= 11 is 5.82. The quantitative estimate of drug-likeness (QED) is 0.574. The summed E-state index contributed by atoms with van der Waals surface area (Å²) < 4.78 is 1.32. The Bertz CT molecular complexity index is 245. The van der Waals surface area contributed by atoms with E-state index in [1.807, 2.05) is 0 Å². The molecule has 0 unspecified atom stereocenters. The summed E-state index contributed by atoms with van der Waals surface area (Å²) in [4.78, 5) is 0. The largest absolute Gasteiger partial charge is 0.0876 e. The highest BCUT2D eigenvalue weighted by atomic mass is 127. The second-order valence-electron chi connectivity index (χ2n) is 2.40. The second kappa shape index (κ2) is 4.45. The predicted molar refractivity (Wildman–Crippen MR) is 61.2 cm³/mol. The monoisotopic (exact) mass is 324 g/mol. The molecule has 0 radical (unpaired) electrons. The van der Waals surface area contributed by atoms with Crippen molar-refractivity contribution in [2.24, 2.45) is 0 Å². The number of hydrogen-bond donors (Lipinski definition) is 0. The lowest BCUT2D eigenvalue weighted by atomic mass is 10.1. The van der Waals surface area contributed by atoms with Crippen molar-refractivity contribution in [1.29, 1.82) is 0 Å². The minimum absolute atomic E-state index is 0.965. The summed E-state index contributed by atoms with van der Waals surface area (Å²) in [5.74, 6) is 0. The molecule has 0 spiro atoms. The Hall–Kier alpha value is 0.430. The number of halogens is 2. The molecule has 0 aromatic heterocycles. The maximum atomic E-state index is 3.47. The number of rotatable bonds is 2. The molecule has 60 valence electrons. The highest BCUT2D eigenvalue weighted by Gasteiger charge is 1.98. The Balaban J connectivity index is 3.06. The third kappa shape index (κ3) is 2.44. The summed E-state index contributed by atoms with van der Waals surface area (Å²) in [7, 11) is 0. The molecule has 1 rings (SSSR count). The molecule has 0 N–H and O–H groups in total. The lowest BCUT2D eigenvalue weighted by molar-refractivity contribution is 1.10. The van der Waals surface area contributed by atoms with Gasteiger partial charge in [-0.1, -0.05) is 28.9 Å². The average Bonchev–Trinajstić information content (AvgIpc) is 2.04. The van der Waals surface area contributed by atoms with E-state index in [4.69, 9.17) is 0 Å². The van der Waals surface area contributed by atoms with Crippen LogP contribution >= 0.6 is 38.5 Å². The minimum Gasteiger partial charge on any atom is -0.0876 e. The molecule has 0 atom stereocenters. The van der Waals surface area contributed by atoms with Crippen LogP contribution in [-0.4, -0.2) is 0 Å². The maximum absolute atomic E-state index is 3.47. The Morgan fingerprint density at radius 3 is 2.64 bits per heavy atom. The van der Waals surface area contributed by atoms with Gasteiger partial charge in [-0.05, 0) is 52.3 Å². The van der Waals surface area contributed by atoms with Crippen molar-refractivity contribution < 1.29 is 0 Å². The van der Waals surface area contributed by atoms with Crippen molar-refractivity contribution in [3.63, 3.8) is 0 Å². The molecule has 0 aliphatic carbocycles. The second-order valence-corrected chi connectivity index (χ2v) is 4.21. The van der Waals surface area contributed by atoms with E-state index in [1.165, 1.54) is 14.7 Å². The smallest absolute Gasteiger partial charge is 0.0285 e. The van der Waals surface area contributed by atoms with Crippen LogP contribution in [0.2, 0.25) is 0 Å². The first-order chi connectivity index (χ1) is 5.27. The van der Waals surface area contributed by atoms with Gasteiger partial charge in [0.05, 0.1) is 0 Å². The summed E-state index contributed by atoms with van der Waals surface area (Å²) in [5, 5.41) is 0.965.